The van der Waals surface area contributed by atoms with E-state index < -0.39 is 11.5 Å². The number of nitrogens with one attached hydrogen (secondary N) is 1. The second-order valence-electron chi connectivity index (χ2n) is 6.89. The summed E-state index contributed by atoms with van der Waals surface area (Å²) in [6.07, 6.45) is 1.69. The molecule has 0 atom stereocenters. The standard InChI is InChI=1S/C22H18N2O6S2/c1-13-9-20(26)30-17-10-14(4-5-16(13)17)29-12-19(25)23-6-7-24-21(27)18(32-22(24)28)11-15-3-2-8-31-15/h2-5,8-11H,6-7,12H2,1H3,(H,23,25)/b18-11-. The highest BCUT2D eigenvalue weighted by atomic mass is 32.2. The number of thiophene rings is 1. The zero-order valence-corrected chi connectivity index (χ0v) is 18.6. The highest BCUT2D eigenvalue weighted by Gasteiger charge is 2.34. The van der Waals surface area contributed by atoms with Crippen LogP contribution in [-0.4, -0.2) is 41.6 Å². The Kier molecular flexibility index (Phi) is 6.42. The summed E-state index contributed by atoms with van der Waals surface area (Å²) in [5.41, 5.74) is 0.712. The van der Waals surface area contributed by atoms with Gasteiger partial charge in [-0.05, 0) is 53.9 Å². The van der Waals surface area contributed by atoms with Gasteiger partial charge in [-0.1, -0.05) is 6.07 Å². The lowest BCUT2D eigenvalue weighted by Crippen LogP contribution is -2.38. The predicted molar refractivity (Wildman–Crippen MR) is 123 cm³/mol. The van der Waals surface area contributed by atoms with Crippen LogP contribution in [0.4, 0.5) is 4.79 Å². The van der Waals surface area contributed by atoms with Crippen molar-refractivity contribution in [3.63, 3.8) is 0 Å². The van der Waals surface area contributed by atoms with E-state index in [1.807, 2.05) is 24.4 Å². The van der Waals surface area contributed by atoms with Crippen LogP contribution in [0.25, 0.3) is 17.0 Å². The number of ether oxygens (including phenoxy) is 1. The van der Waals surface area contributed by atoms with Crippen molar-refractivity contribution in [2.75, 3.05) is 19.7 Å². The first-order chi connectivity index (χ1) is 15.4. The number of imide groups is 1. The Balaban J connectivity index is 1.27. The summed E-state index contributed by atoms with van der Waals surface area (Å²) in [5.74, 6) is -0.394. The minimum atomic E-state index is -0.456. The van der Waals surface area contributed by atoms with Gasteiger partial charge in [0.25, 0.3) is 17.1 Å². The fourth-order valence-electron chi connectivity index (χ4n) is 3.10. The van der Waals surface area contributed by atoms with Gasteiger partial charge < -0.3 is 14.5 Å². The highest BCUT2D eigenvalue weighted by Crippen LogP contribution is 2.32. The summed E-state index contributed by atoms with van der Waals surface area (Å²) in [6, 6.07) is 10.1. The molecule has 1 aliphatic heterocycles. The van der Waals surface area contributed by atoms with Gasteiger partial charge in [-0.15, -0.1) is 11.3 Å². The lowest BCUT2D eigenvalue weighted by atomic mass is 10.1. The van der Waals surface area contributed by atoms with E-state index in [0.29, 0.717) is 16.2 Å². The average Bonchev–Trinajstić information content (AvgIpc) is 3.35. The third kappa shape index (κ3) is 4.92. The maximum Gasteiger partial charge on any atom is 0.336 e. The van der Waals surface area contributed by atoms with Gasteiger partial charge in [-0.2, -0.15) is 0 Å². The van der Waals surface area contributed by atoms with E-state index in [4.69, 9.17) is 9.15 Å². The van der Waals surface area contributed by atoms with Gasteiger partial charge >= 0.3 is 5.63 Å². The van der Waals surface area contributed by atoms with E-state index >= 15 is 0 Å². The van der Waals surface area contributed by atoms with Crippen molar-refractivity contribution in [3.8, 4) is 5.75 Å². The Bertz CT molecular complexity index is 1280. The smallest absolute Gasteiger partial charge is 0.336 e. The van der Waals surface area contributed by atoms with Crippen LogP contribution in [0.15, 0.2) is 55.9 Å². The molecule has 10 heteroatoms. The first-order valence-corrected chi connectivity index (χ1v) is 11.3. The molecule has 4 rings (SSSR count). The Hall–Kier alpha value is -3.37. The molecule has 0 saturated carbocycles. The van der Waals surface area contributed by atoms with Crippen LogP contribution in [0.1, 0.15) is 10.4 Å². The zero-order valence-electron chi connectivity index (χ0n) is 17.0. The summed E-state index contributed by atoms with van der Waals surface area (Å²) < 4.78 is 10.6. The van der Waals surface area contributed by atoms with Gasteiger partial charge in [-0.3, -0.25) is 19.3 Å². The Labute approximate surface area is 190 Å². The molecule has 0 bridgehead atoms. The maximum absolute atomic E-state index is 12.4. The van der Waals surface area contributed by atoms with Gasteiger partial charge in [0.15, 0.2) is 6.61 Å². The van der Waals surface area contributed by atoms with E-state index in [1.165, 1.54) is 17.4 Å². The normalized spacial score (nSPS) is 15.0. The Morgan fingerprint density at radius 1 is 1.22 bits per heavy atom. The van der Waals surface area contributed by atoms with Crippen LogP contribution in [0.2, 0.25) is 0 Å². The van der Waals surface area contributed by atoms with E-state index in [-0.39, 0.29) is 30.8 Å². The quantitative estimate of drug-likeness (QED) is 0.417. The number of hydrogen-bond donors (Lipinski definition) is 1. The molecule has 0 unspecified atom stereocenters. The molecule has 3 amide bonds. The molecular formula is C22H18N2O6S2. The Morgan fingerprint density at radius 2 is 2.06 bits per heavy atom. The molecule has 164 valence electrons. The highest BCUT2D eigenvalue weighted by molar-refractivity contribution is 8.18. The monoisotopic (exact) mass is 470 g/mol. The largest absolute Gasteiger partial charge is 0.484 e. The molecule has 1 N–H and O–H groups in total. The Morgan fingerprint density at radius 3 is 2.84 bits per heavy atom. The van der Waals surface area contributed by atoms with Crippen molar-refractivity contribution in [1.82, 2.24) is 10.2 Å². The first-order valence-electron chi connectivity index (χ1n) is 9.63. The molecule has 0 spiro atoms. The average molecular weight is 471 g/mol. The van der Waals surface area contributed by atoms with Crippen LogP contribution in [0, 0.1) is 6.92 Å². The molecule has 8 nitrogen and oxygen atoms in total. The van der Waals surface area contributed by atoms with Crippen molar-refractivity contribution in [1.29, 1.82) is 0 Å². The summed E-state index contributed by atoms with van der Waals surface area (Å²) in [5, 5.41) is 4.94. The predicted octanol–water partition coefficient (Wildman–Crippen LogP) is 3.39. The first kappa shape index (κ1) is 21.8. The van der Waals surface area contributed by atoms with Crippen LogP contribution in [0.3, 0.4) is 0 Å². The fourth-order valence-corrected chi connectivity index (χ4v) is 4.69. The van der Waals surface area contributed by atoms with Crippen molar-refractivity contribution in [2.24, 2.45) is 0 Å². The topological polar surface area (TPSA) is 106 Å². The van der Waals surface area contributed by atoms with Crippen LogP contribution >= 0.6 is 23.1 Å². The molecule has 0 radical (unpaired) electrons. The molecule has 1 fully saturated rings. The van der Waals surface area contributed by atoms with Crippen molar-refractivity contribution in [3.05, 3.63) is 67.5 Å². The number of carbonyl (C=O) groups is 3. The number of fused-ring (bicyclic) bond motifs is 1. The molecular weight excluding hydrogens is 452 g/mol. The van der Waals surface area contributed by atoms with Crippen molar-refractivity contribution < 1.29 is 23.5 Å². The second kappa shape index (κ2) is 9.41. The molecule has 1 aliphatic rings. The molecule has 1 aromatic carbocycles. The van der Waals surface area contributed by atoms with Gasteiger partial charge in [0.2, 0.25) is 0 Å². The third-order valence-electron chi connectivity index (χ3n) is 4.64. The van der Waals surface area contributed by atoms with Crippen molar-refractivity contribution in [2.45, 2.75) is 6.92 Å². The number of amides is 3. The lowest BCUT2D eigenvalue weighted by Gasteiger charge is -2.13. The molecule has 3 aromatic rings. The minimum Gasteiger partial charge on any atom is -0.484 e. The summed E-state index contributed by atoms with van der Waals surface area (Å²) >= 11 is 2.36. The van der Waals surface area contributed by atoms with Gasteiger partial charge in [-0.25, -0.2) is 4.79 Å². The van der Waals surface area contributed by atoms with E-state index in [1.54, 1.807) is 24.3 Å². The van der Waals surface area contributed by atoms with E-state index in [2.05, 4.69) is 5.32 Å². The van der Waals surface area contributed by atoms with E-state index in [9.17, 15) is 19.2 Å². The van der Waals surface area contributed by atoms with Crippen molar-refractivity contribution >= 4 is 57.2 Å². The number of benzene rings is 1. The molecule has 0 aliphatic carbocycles. The fraction of sp³-hybridized carbons (Fsp3) is 0.182. The molecule has 2 aromatic heterocycles. The molecule has 32 heavy (non-hydrogen) atoms. The van der Waals surface area contributed by atoms with Gasteiger partial charge in [0, 0.05) is 35.5 Å². The number of aryl methyl sites for hydroxylation is 1. The second-order valence-corrected chi connectivity index (χ2v) is 8.87. The maximum atomic E-state index is 12.4. The summed E-state index contributed by atoms with van der Waals surface area (Å²) in [6.45, 7) is 1.72. The number of rotatable bonds is 7. The lowest BCUT2D eigenvalue weighted by molar-refractivity contribution is -0.125. The van der Waals surface area contributed by atoms with Gasteiger partial charge in [0.05, 0.1) is 4.91 Å². The molecule has 3 heterocycles. The number of nitrogens with zero attached hydrogens (tertiary/aromatic N) is 1. The van der Waals surface area contributed by atoms with Crippen LogP contribution in [0.5, 0.6) is 5.75 Å². The number of thioether (sulfide) groups is 1. The minimum absolute atomic E-state index is 0.0681. The van der Waals surface area contributed by atoms with Crippen LogP contribution < -0.4 is 15.7 Å². The van der Waals surface area contributed by atoms with E-state index in [0.717, 1.165) is 32.5 Å². The summed E-state index contributed by atoms with van der Waals surface area (Å²) in [7, 11) is 0. The van der Waals surface area contributed by atoms with Crippen LogP contribution in [-0.2, 0) is 9.59 Å². The third-order valence-corrected chi connectivity index (χ3v) is 6.37. The zero-order chi connectivity index (χ0) is 22.7. The van der Waals surface area contributed by atoms with Gasteiger partial charge in [0.1, 0.15) is 11.3 Å². The summed E-state index contributed by atoms with van der Waals surface area (Å²) in [4.78, 5) is 50.5. The molecule has 1 saturated heterocycles. The SMILES string of the molecule is Cc1cc(=O)oc2cc(OCC(=O)NCCN3C(=O)S/C(=C\c4cccs4)C3=O)ccc12. The number of carbonyl (C=O) groups excluding carboxylic acids is 3. The number of hydrogen-bond acceptors (Lipinski definition) is 8.